The average molecular weight is 485 g/mol. The van der Waals surface area contributed by atoms with Crippen molar-refractivity contribution in [2.75, 3.05) is 0 Å². The molecule has 1 aliphatic heterocycles. The Balaban J connectivity index is 1.78. The van der Waals surface area contributed by atoms with Gasteiger partial charge in [0.1, 0.15) is 0 Å². The SMILES string of the molecule is CC[C@@H]1C[C@H]([Se]c2ccccc2)[C@@H](c2ccccc2)N1S(=O)(=O)c1ccc(C)cc1. The summed E-state index contributed by atoms with van der Waals surface area (Å²) in [5.41, 5.74) is 2.15. The summed E-state index contributed by atoms with van der Waals surface area (Å²) in [6.45, 7) is 4.08. The fourth-order valence-corrected chi connectivity index (χ4v) is 9.24. The van der Waals surface area contributed by atoms with Gasteiger partial charge in [-0.3, -0.25) is 0 Å². The van der Waals surface area contributed by atoms with Crippen molar-refractivity contribution in [1.29, 1.82) is 0 Å². The molecular weight excluding hydrogens is 457 g/mol. The second-order valence-corrected chi connectivity index (χ2v) is 12.4. The summed E-state index contributed by atoms with van der Waals surface area (Å²) in [6, 6.07) is 27.8. The van der Waals surface area contributed by atoms with Crippen molar-refractivity contribution in [3.8, 4) is 0 Å². The number of hydrogen-bond acceptors (Lipinski definition) is 2. The van der Waals surface area contributed by atoms with Crippen LogP contribution in [0.4, 0.5) is 0 Å². The maximum absolute atomic E-state index is 13.8. The molecule has 30 heavy (non-hydrogen) atoms. The molecule has 1 aliphatic rings. The minimum absolute atomic E-state index is 0.0112. The molecule has 4 rings (SSSR count). The Bertz CT molecular complexity index is 1070. The molecule has 0 spiro atoms. The van der Waals surface area contributed by atoms with Gasteiger partial charge < -0.3 is 0 Å². The number of sulfonamides is 1. The van der Waals surface area contributed by atoms with E-state index in [1.165, 1.54) is 4.46 Å². The van der Waals surface area contributed by atoms with E-state index in [1.807, 2.05) is 47.6 Å². The molecule has 0 aliphatic carbocycles. The molecule has 1 heterocycles. The third-order valence-electron chi connectivity index (χ3n) is 5.73. The molecule has 156 valence electrons. The van der Waals surface area contributed by atoms with Gasteiger partial charge in [-0.05, 0) is 0 Å². The summed E-state index contributed by atoms with van der Waals surface area (Å²) >= 11 is 0.187. The molecule has 0 unspecified atom stereocenters. The van der Waals surface area contributed by atoms with Gasteiger partial charge in [-0.1, -0.05) is 0 Å². The monoisotopic (exact) mass is 485 g/mol. The Kier molecular flexibility index (Phi) is 6.45. The van der Waals surface area contributed by atoms with Crippen LogP contribution in [0.3, 0.4) is 0 Å². The molecule has 3 aromatic carbocycles. The number of benzene rings is 3. The van der Waals surface area contributed by atoms with E-state index in [9.17, 15) is 8.42 Å². The van der Waals surface area contributed by atoms with E-state index in [0.717, 1.165) is 24.0 Å². The van der Waals surface area contributed by atoms with Crippen LogP contribution in [0.5, 0.6) is 0 Å². The molecule has 0 aromatic heterocycles. The second kappa shape index (κ2) is 9.07. The van der Waals surface area contributed by atoms with Crippen LogP contribution >= 0.6 is 0 Å². The van der Waals surface area contributed by atoms with E-state index >= 15 is 0 Å². The first-order chi connectivity index (χ1) is 14.5. The summed E-state index contributed by atoms with van der Waals surface area (Å²) in [5.74, 6) is 0. The van der Waals surface area contributed by atoms with Gasteiger partial charge in [-0.2, -0.15) is 0 Å². The average Bonchev–Trinajstić information content (AvgIpc) is 3.14. The van der Waals surface area contributed by atoms with Crippen LogP contribution in [0.2, 0.25) is 4.82 Å². The molecule has 0 N–H and O–H groups in total. The van der Waals surface area contributed by atoms with Crippen LogP contribution in [0, 0.1) is 6.92 Å². The minimum atomic E-state index is -3.60. The van der Waals surface area contributed by atoms with E-state index in [4.69, 9.17) is 0 Å². The van der Waals surface area contributed by atoms with Crippen molar-refractivity contribution in [2.45, 2.75) is 48.5 Å². The predicted molar refractivity (Wildman–Crippen MR) is 124 cm³/mol. The fraction of sp³-hybridized carbons (Fsp3) is 0.280. The van der Waals surface area contributed by atoms with Crippen LogP contribution in [0.25, 0.3) is 0 Å². The van der Waals surface area contributed by atoms with Crippen LogP contribution in [-0.4, -0.2) is 33.7 Å². The number of nitrogens with zero attached hydrogens (tertiary/aromatic N) is 1. The molecule has 3 nitrogen and oxygen atoms in total. The van der Waals surface area contributed by atoms with Crippen LogP contribution < -0.4 is 4.46 Å². The Hall–Kier alpha value is -1.91. The van der Waals surface area contributed by atoms with Gasteiger partial charge in [0.05, 0.1) is 0 Å². The Labute approximate surface area is 186 Å². The molecule has 0 saturated carbocycles. The normalized spacial score (nSPS) is 22.3. The zero-order valence-electron chi connectivity index (χ0n) is 17.3. The van der Waals surface area contributed by atoms with Crippen LogP contribution in [-0.2, 0) is 10.0 Å². The van der Waals surface area contributed by atoms with Crippen LogP contribution in [0.15, 0.2) is 89.8 Å². The summed E-state index contributed by atoms with van der Waals surface area (Å²) in [6.07, 6.45) is 1.71. The van der Waals surface area contributed by atoms with Gasteiger partial charge in [0.15, 0.2) is 0 Å². The molecule has 0 radical (unpaired) electrons. The molecule has 0 bridgehead atoms. The summed E-state index contributed by atoms with van der Waals surface area (Å²) in [7, 11) is -3.60. The Morgan fingerprint density at radius 2 is 1.50 bits per heavy atom. The molecule has 1 fully saturated rings. The molecule has 5 heteroatoms. The molecule has 1 saturated heterocycles. The van der Waals surface area contributed by atoms with E-state index < -0.39 is 10.0 Å². The van der Waals surface area contributed by atoms with Crippen molar-refractivity contribution in [3.63, 3.8) is 0 Å². The van der Waals surface area contributed by atoms with Crippen molar-refractivity contribution in [3.05, 3.63) is 96.1 Å². The number of rotatable bonds is 6. The first kappa shape index (κ1) is 21.3. The van der Waals surface area contributed by atoms with E-state index in [0.29, 0.717) is 9.71 Å². The zero-order chi connectivity index (χ0) is 21.1. The summed E-state index contributed by atoms with van der Waals surface area (Å²) in [5, 5.41) is 0. The second-order valence-electron chi connectivity index (χ2n) is 7.77. The summed E-state index contributed by atoms with van der Waals surface area (Å²) < 4.78 is 30.8. The molecule has 3 atom stereocenters. The third-order valence-corrected chi connectivity index (χ3v) is 10.4. The molecular formula is C25H27NO2SSe. The van der Waals surface area contributed by atoms with E-state index in [-0.39, 0.29) is 27.0 Å². The van der Waals surface area contributed by atoms with Gasteiger partial charge >= 0.3 is 187 Å². The van der Waals surface area contributed by atoms with Gasteiger partial charge in [-0.25, -0.2) is 0 Å². The first-order valence-electron chi connectivity index (χ1n) is 10.4. The zero-order valence-corrected chi connectivity index (χ0v) is 19.8. The van der Waals surface area contributed by atoms with Crippen molar-refractivity contribution < 1.29 is 8.42 Å². The molecule has 3 aromatic rings. The summed E-state index contributed by atoms with van der Waals surface area (Å²) in [4.78, 5) is 0.688. The van der Waals surface area contributed by atoms with E-state index in [1.54, 1.807) is 12.1 Å². The Morgan fingerprint density at radius 1 is 0.900 bits per heavy atom. The topological polar surface area (TPSA) is 37.4 Å². The van der Waals surface area contributed by atoms with Crippen LogP contribution in [0.1, 0.15) is 36.9 Å². The van der Waals surface area contributed by atoms with Gasteiger partial charge in [0.25, 0.3) is 0 Å². The van der Waals surface area contributed by atoms with Gasteiger partial charge in [-0.15, -0.1) is 0 Å². The van der Waals surface area contributed by atoms with Crippen molar-refractivity contribution in [2.24, 2.45) is 0 Å². The Morgan fingerprint density at radius 3 is 2.10 bits per heavy atom. The molecule has 0 amide bonds. The fourth-order valence-electron chi connectivity index (χ4n) is 4.21. The third kappa shape index (κ3) is 4.26. The standard InChI is InChI=1S/C25H27NO2SSe/c1-3-21-18-24(30-23-12-8-5-9-13-23)25(20-10-6-4-7-11-20)26(21)29(27,28)22-16-14-19(2)15-17-22/h4-17,21,24-25H,3,18H2,1-2H3/t21-,24+,25-/m1/s1. The predicted octanol–water partition coefficient (Wildman–Crippen LogP) is 4.73. The maximum atomic E-state index is 13.8. The quantitative estimate of drug-likeness (QED) is 0.475. The number of hydrogen-bond donors (Lipinski definition) is 0. The number of aryl methyl sites for hydroxylation is 1. The van der Waals surface area contributed by atoms with Crippen molar-refractivity contribution in [1.82, 2.24) is 4.31 Å². The van der Waals surface area contributed by atoms with Gasteiger partial charge in [0.2, 0.25) is 0 Å². The van der Waals surface area contributed by atoms with Gasteiger partial charge in [0, 0.05) is 0 Å². The first-order valence-corrected chi connectivity index (χ1v) is 13.7. The van der Waals surface area contributed by atoms with E-state index in [2.05, 4.69) is 43.3 Å². The van der Waals surface area contributed by atoms with Crippen molar-refractivity contribution >= 4 is 29.4 Å².